The van der Waals surface area contributed by atoms with Gasteiger partial charge in [0.2, 0.25) is 0 Å². The van der Waals surface area contributed by atoms with Gasteiger partial charge < -0.3 is 10.4 Å². The molecule has 0 radical (unpaired) electrons. The van der Waals surface area contributed by atoms with Gasteiger partial charge in [0, 0.05) is 6.54 Å². The fraction of sp³-hybridized carbons (Fsp3) is 0.538. The SMILES string of the molecule is CNC(CO)(CN(C)CC(F)F)c1ccccc1. The minimum Gasteiger partial charge on any atom is -0.394 e. The smallest absolute Gasteiger partial charge is 0.251 e. The van der Waals surface area contributed by atoms with Crippen LogP contribution < -0.4 is 5.32 Å². The third-order valence-electron chi connectivity index (χ3n) is 3.06. The molecule has 1 aromatic rings. The van der Waals surface area contributed by atoms with Crippen LogP contribution in [0.3, 0.4) is 0 Å². The Kier molecular flexibility index (Phi) is 5.65. The third-order valence-corrected chi connectivity index (χ3v) is 3.06. The van der Waals surface area contributed by atoms with Crippen LogP contribution in [0.25, 0.3) is 0 Å². The van der Waals surface area contributed by atoms with E-state index in [1.165, 1.54) is 4.90 Å². The molecule has 1 aromatic carbocycles. The second-order valence-electron chi connectivity index (χ2n) is 4.44. The van der Waals surface area contributed by atoms with Crippen molar-refractivity contribution in [2.24, 2.45) is 0 Å². The zero-order chi connectivity index (χ0) is 13.6. The average Bonchev–Trinajstić information content (AvgIpc) is 2.36. The number of nitrogens with one attached hydrogen (secondary N) is 1. The summed E-state index contributed by atoms with van der Waals surface area (Å²) < 4.78 is 24.7. The summed E-state index contributed by atoms with van der Waals surface area (Å²) >= 11 is 0. The average molecular weight is 258 g/mol. The number of aliphatic hydroxyl groups excluding tert-OH is 1. The Labute approximate surface area is 106 Å². The molecular formula is C13H20F2N2O. The molecule has 0 heterocycles. The zero-order valence-corrected chi connectivity index (χ0v) is 10.7. The van der Waals surface area contributed by atoms with E-state index in [9.17, 15) is 13.9 Å². The maximum absolute atomic E-state index is 12.3. The van der Waals surface area contributed by atoms with E-state index in [1.54, 1.807) is 14.1 Å². The summed E-state index contributed by atoms with van der Waals surface area (Å²) in [4.78, 5) is 1.52. The van der Waals surface area contributed by atoms with Crippen LogP contribution in [0.1, 0.15) is 5.56 Å². The highest BCUT2D eigenvalue weighted by atomic mass is 19.3. The number of alkyl halides is 2. The van der Waals surface area contributed by atoms with E-state index in [1.807, 2.05) is 30.3 Å². The Balaban J connectivity index is 2.87. The van der Waals surface area contributed by atoms with Crippen molar-refractivity contribution in [3.8, 4) is 0 Å². The second kappa shape index (κ2) is 6.78. The molecule has 102 valence electrons. The maximum Gasteiger partial charge on any atom is 0.251 e. The number of hydrogen-bond donors (Lipinski definition) is 2. The molecule has 0 saturated heterocycles. The number of hydrogen-bond acceptors (Lipinski definition) is 3. The van der Waals surface area contributed by atoms with Crippen molar-refractivity contribution >= 4 is 0 Å². The molecule has 18 heavy (non-hydrogen) atoms. The van der Waals surface area contributed by atoms with Crippen LogP contribution >= 0.6 is 0 Å². The predicted molar refractivity (Wildman–Crippen MR) is 67.8 cm³/mol. The fourth-order valence-corrected chi connectivity index (χ4v) is 2.05. The lowest BCUT2D eigenvalue weighted by Crippen LogP contribution is -2.52. The first-order valence-corrected chi connectivity index (χ1v) is 5.86. The Hall–Kier alpha value is -1.04. The highest BCUT2D eigenvalue weighted by Gasteiger charge is 2.31. The zero-order valence-electron chi connectivity index (χ0n) is 10.7. The van der Waals surface area contributed by atoms with Gasteiger partial charge in [-0.05, 0) is 19.7 Å². The quantitative estimate of drug-likeness (QED) is 0.773. The summed E-state index contributed by atoms with van der Waals surface area (Å²) in [6, 6.07) is 9.37. The highest BCUT2D eigenvalue weighted by Crippen LogP contribution is 2.21. The Bertz CT molecular complexity index is 342. The largest absolute Gasteiger partial charge is 0.394 e. The number of aliphatic hydroxyl groups is 1. The van der Waals surface area contributed by atoms with E-state index in [0.29, 0.717) is 6.54 Å². The first kappa shape index (κ1) is 15.0. The summed E-state index contributed by atoms with van der Waals surface area (Å²) in [6.45, 7) is -0.147. The van der Waals surface area contributed by atoms with Crippen LogP contribution in [0.4, 0.5) is 8.78 Å². The minimum absolute atomic E-state index is 0.152. The van der Waals surface area contributed by atoms with Crippen molar-refractivity contribution in [1.82, 2.24) is 10.2 Å². The minimum atomic E-state index is -2.38. The van der Waals surface area contributed by atoms with E-state index in [2.05, 4.69) is 5.32 Å². The van der Waals surface area contributed by atoms with E-state index in [0.717, 1.165) is 5.56 Å². The van der Waals surface area contributed by atoms with Gasteiger partial charge in [0.05, 0.1) is 18.7 Å². The molecule has 3 nitrogen and oxygen atoms in total. The maximum atomic E-state index is 12.3. The molecule has 0 aliphatic heterocycles. The summed E-state index contributed by atoms with van der Waals surface area (Å²) in [7, 11) is 3.34. The van der Waals surface area contributed by atoms with Crippen molar-refractivity contribution in [3.05, 3.63) is 35.9 Å². The summed E-state index contributed by atoms with van der Waals surface area (Å²) in [5.74, 6) is 0. The van der Waals surface area contributed by atoms with Gasteiger partial charge in [0.25, 0.3) is 6.43 Å². The highest BCUT2D eigenvalue weighted by molar-refractivity contribution is 5.25. The molecule has 1 unspecified atom stereocenters. The van der Waals surface area contributed by atoms with Gasteiger partial charge in [-0.2, -0.15) is 0 Å². The lowest BCUT2D eigenvalue weighted by molar-refractivity contribution is 0.0682. The van der Waals surface area contributed by atoms with Gasteiger partial charge in [0.1, 0.15) is 0 Å². The second-order valence-corrected chi connectivity index (χ2v) is 4.44. The molecule has 0 aliphatic carbocycles. The van der Waals surface area contributed by atoms with Gasteiger partial charge >= 0.3 is 0 Å². The Morgan fingerprint density at radius 1 is 1.33 bits per heavy atom. The van der Waals surface area contributed by atoms with E-state index in [-0.39, 0.29) is 13.2 Å². The van der Waals surface area contributed by atoms with Crippen LogP contribution in [-0.2, 0) is 5.54 Å². The van der Waals surface area contributed by atoms with E-state index in [4.69, 9.17) is 0 Å². The summed E-state index contributed by atoms with van der Waals surface area (Å²) in [5.41, 5.74) is 0.168. The number of nitrogens with zero attached hydrogens (tertiary/aromatic N) is 1. The van der Waals surface area contributed by atoms with Crippen LogP contribution in [0, 0.1) is 0 Å². The molecule has 1 rings (SSSR count). The molecule has 2 N–H and O–H groups in total. The van der Waals surface area contributed by atoms with Gasteiger partial charge in [-0.15, -0.1) is 0 Å². The van der Waals surface area contributed by atoms with E-state index < -0.39 is 12.0 Å². The molecular weight excluding hydrogens is 238 g/mol. The van der Waals surface area contributed by atoms with E-state index >= 15 is 0 Å². The number of rotatable bonds is 7. The lowest BCUT2D eigenvalue weighted by Gasteiger charge is -2.36. The first-order chi connectivity index (χ1) is 8.54. The molecule has 0 saturated carbocycles. The lowest BCUT2D eigenvalue weighted by atomic mass is 9.90. The molecule has 0 spiro atoms. The fourth-order valence-electron chi connectivity index (χ4n) is 2.05. The van der Waals surface area contributed by atoms with Gasteiger partial charge in [-0.25, -0.2) is 8.78 Å². The molecule has 0 aromatic heterocycles. The predicted octanol–water partition coefficient (Wildman–Crippen LogP) is 1.29. The van der Waals surface area contributed by atoms with Crippen molar-refractivity contribution in [1.29, 1.82) is 0 Å². The van der Waals surface area contributed by atoms with Gasteiger partial charge in [-0.3, -0.25) is 4.90 Å². The van der Waals surface area contributed by atoms with Crippen molar-refractivity contribution in [2.45, 2.75) is 12.0 Å². The van der Waals surface area contributed by atoms with Crippen LogP contribution in [0.2, 0.25) is 0 Å². The number of halogens is 2. The molecule has 0 fully saturated rings. The summed E-state index contributed by atoms with van der Waals surface area (Å²) in [6.07, 6.45) is -2.38. The van der Waals surface area contributed by atoms with Crippen LogP contribution in [0.5, 0.6) is 0 Å². The number of likely N-dealkylation sites (N-methyl/N-ethyl adjacent to an activating group) is 2. The monoisotopic (exact) mass is 258 g/mol. The molecule has 0 aliphatic rings. The molecule has 0 bridgehead atoms. The standard InChI is InChI=1S/C13H20F2N2O/c1-16-13(10-18,9-17(2)8-12(14)15)11-6-4-3-5-7-11/h3-7,12,16,18H,8-10H2,1-2H3. The van der Waals surface area contributed by atoms with Crippen molar-refractivity contribution in [3.63, 3.8) is 0 Å². The third kappa shape index (κ3) is 3.73. The van der Waals surface area contributed by atoms with Gasteiger partial charge in [-0.1, -0.05) is 30.3 Å². The topological polar surface area (TPSA) is 35.5 Å². The van der Waals surface area contributed by atoms with Crippen molar-refractivity contribution in [2.75, 3.05) is 33.8 Å². The Morgan fingerprint density at radius 2 is 1.94 bits per heavy atom. The molecule has 5 heteroatoms. The number of benzene rings is 1. The first-order valence-electron chi connectivity index (χ1n) is 5.86. The van der Waals surface area contributed by atoms with Crippen molar-refractivity contribution < 1.29 is 13.9 Å². The summed E-state index contributed by atoms with van der Waals surface area (Å²) in [5, 5.41) is 12.7. The van der Waals surface area contributed by atoms with Crippen LogP contribution in [0.15, 0.2) is 30.3 Å². The normalized spacial score (nSPS) is 15.1. The van der Waals surface area contributed by atoms with Gasteiger partial charge in [0.15, 0.2) is 0 Å². The molecule has 0 amide bonds. The molecule has 1 atom stereocenters. The van der Waals surface area contributed by atoms with Crippen LogP contribution in [-0.4, -0.2) is 50.2 Å². The Morgan fingerprint density at radius 3 is 2.39 bits per heavy atom.